The number of hydrogen-bond donors (Lipinski definition) is 1. The number of amides is 1. The van der Waals surface area contributed by atoms with E-state index in [9.17, 15) is 4.79 Å². The standard InChI is InChI=1S/C14H17ClN2OS2/c1-10-8-11(15)4-5-12(10)16-13(18)9-20-14(19)17-6-2-3-7-17/h4-5,8H,2-3,6-7,9H2,1H3,(H,16,18). The largest absolute Gasteiger partial charge is 0.358 e. The van der Waals surface area contributed by atoms with Gasteiger partial charge >= 0.3 is 0 Å². The Morgan fingerprint density at radius 2 is 2.15 bits per heavy atom. The molecule has 6 heteroatoms. The molecule has 0 radical (unpaired) electrons. The van der Waals surface area contributed by atoms with Crippen LogP contribution in [-0.2, 0) is 4.79 Å². The molecule has 1 N–H and O–H groups in total. The Kier molecular flexibility index (Phi) is 5.69. The van der Waals surface area contributed by atoms with Crippen LogP contribution in [0.15, 0.2) is 18.2 Å². The van der Waals surface area contributed by atoms with Crippen LogP contribution < -0.4 is 5.32 Å². The van der Waals surface area contributed by atoms with Gasteiger partial charge in [-0.15, -0.1) is 0 Å². The summed E-state index contributed by atoms with van der Waals surface area (Å²) in [6.07, 6.45) is 2.38. The summed E-state index contributed by atoms with van der Waals surface area (Å²) in [6, 6.07) is 5.42. The molecule has 0 spiro atoms. The Labute approximate surface area is 134 Å². The predicted octanol–water partition coefficient (Wildman–Crippen LogP) is 3.70. The van der Waals surface area contributed by atoms with Crippen molar-refractivity contribution < 1.29 is 4.79 Å². The van der Waals surface area contributed by atoms with Crippen molar-refractivity contribution >= 4 is 51.5 Å². The number of carbonyl (C=O) groups is 1. The number of likely N-dealkylation sites (tertiary alicyclic amines) is 1. The molecule has 1 fully saturated rings. The summed E-state index contributed by atoms with van der Waals surface area (Å²) in [5.74, 6) is 0.305. The fourth-order valence-electron chi connectivity index (χ4n) is 2.07. The minimum absolute atomic E-state index is 0.0398. The number of thioether (sulfide) groups is 1. The van der Waals surface area contributed by atoms with Crippen LogP contribution in [0.25, 0.3) is 0 Å². The molecule has 1 aliphatic rings. The van der Waals surface area contributed by atoms with Crippen molar-refractivity contribution in [3.8, 4) is 0 Å². The molecule has 1 aromatic rings. The van der Waals surface area contributed by atoms with E-state index in [-0.39, 0.29) is 5.91 Å². The molecule has 1 amide bonds. The van der Waals surface area contributed by atoms with Gasteiger partial charge in [-0.3, -0.25) is 4.79 Å². The summed E-state index contributed by atoms with van der Waals surface area (Å²) in [5, 5.41) is 3.56. The number of hydrogen-bond acceptors (Lipinski definition) is 3. The highest BCUT2D eigenvalue weighted by molar-refractivity contribution is 8.23. The van der Waals surface area contributed by atoms with E-state index in [0.29, 0.717) is 10.8 Å². The summed E-state index contributed by atoms with van der Waals surface area (Å²) >= 11 is 12.6. The topological polar surface area (TPSA) is 32.3 Å². The van der Waals surface area contributed by atoms with Crippen molar-refractivity contribution in [2.24, 2.45) is 0 Å². The Morgan fingerprint density at radius 1 is 1.45 bits per heavy atom. The monoisotopic (exact) mass is 328 g/mol. The van der Waals surface area contributed by atoms with Gasteiger partial charge < -0.3 is 10.2 Å². The van der Waals surface area contributed by atoms with Gasteiger partial charge in [0.2, 0.25) is 5.91 Å². The summed E-state index contributed by atoms with van der Waals surface area (Å²) in [6.45, 7) is 3.96. The van der Waals surface area contributed by atoms with Gasteiger partial charge in [-0.25, -0.2) is 0 Å². The van der Waals surface area contributed by atoms with E-state index in [0.717, 1.165) is 28.7 Å². The van der Waals surface area contributed by atoms with E-state index in [1.165, 1.54) is 24.6 Å². The number of halogens is 1. The van der Waals surface area contributed by atoms with Crippen LogP contribution in [0.3, 0.4) is 0 Å². The molecule has 0 aromatic heterocycles. The van der Waals surface area contributed by atoms with Crippen LogP contribution in [0.4, 0.5) is 5.69 Å². The van der Waals surface area contributed by atoms with E-state index < -0.39 is 0 Å². The molecular weight excluding hydrogens is 312 g/mol. The number of rotatable bonds is 3. The van der Waals surface area contributed by atoms with Crippen molar-refractivity contribution in [1.82, 2.24) is 4.90 Å². The van der Waals surface area contributed by atoms with Gasteiger partial charge in [0.25, 0.3) is 0 Å². The first-order chi connectivity index (χ1) is 9.56. The minimum atomic E-state index is -0.0398. The lowest BCUT2D eigenvalue weighted by Crippen LogP contribution is -2.25. The van der Waals surface area contributed by atoms with Crippen LogP contribution in [0.1, 0.15) is 18.4 Å². The highest BCUT2D eigenvalue weighted by atomic mass is 35.5. The first kappa shape index (κ1) is 15.6. The van der Waals surface area contributed by atoms with Crippen molar-refractivity contribution in [3.05, 3.63) is 28.8 Å². The first-order valence-corrected chi connectivity index (χ1v) is 8.31. The summed E-state index contributed by atoms with van der Waals surface area (Å²) in [4.78, 5) is 14.1. The van der Waals surface area contributed by atoms with Crippen molar-refractivity contribution in [2.75, 3.05) is 24.2 Å². The SMILES string of the molecule is Cc1cc(Cl)ccc1NC(=O)CSC(=S)N1CCCC1. The number of aryl methyl sites for hydroxylation is 1. The zero-order chi connectivity index (χ0) is 14.5. The smallest absolute Gasteiger partial charge is 0.234 e. The van der Waals surface area contributed by atoms with Gasteiger partial charge in [-0.2, -0.15) is 0 Å². The quantitative estimate of drug-likeness (QED) is 0.857. The summed E-state index contributed by atoms with van der Waals surface area (Å²) in [5.41, 5.74) is 1.75. The first-order valence-electron chi connectivity index (χ1n) is 6.54. The Hall–Kier alpha value is -0.780. The molecule has 1 aromatic carbocycles. The van der Waals surface area contributed by atoms with Crippen molar-refractivity contribution in [3.63, 3.8) is 0 Å². The maximum absolute atomic E-state index is 11.9. The Balaban J connectivity index is 1.81. The zero-order valence-corrected chi connectivity index (χ0v) is 13.7. The second-order valence-corrected chi connectivity index (χ2v) is 6.80. The Morgan fingerprint density at radius 3 is 2.80 bits per heavy atom. The number of nitrogens with zero attached hydrogens (tertiary/aromatic N) is 1. The average Bonchev–Trinajstić information content (AvgIpc) is 2.93. The molecule has 0 unspecified atom stereocenters. The van der Waals surface area contributed by atoms with Crippen LogP contribution in [-0.4, -0.2) is 34.0 Å². The fraction of sp³-hybridized carbons (Fsp3) is 0.429. The summed E-state index contributed by atoms with van der Waals surface area (Å²) < 4.78 is 0.825. The third-order valence-electron chi connectivity index (χ3n) is 3.15. The van der Waals surface area contributed by atoms with E-state index >= 15 is 0 Å². The van der Waals surface area contributed by atoms with Crippen molar-refractivity contribution in [1.29, 1.82) is 0 Å². The highest BCUT2D eigenvalue weighted by Crippen LogP contribution is 2.20. The van der Waals surface area contributed by atoms with Gasteiger partial charge in [0, 0.05) is 23.8 Å². The molecule has 0 atom stereocenters. The molecule has 0 aliphatic carbocycles. The average molecular weight is 329 g/mol. The lowest BCUT2D eigenvalue weighted by Gasteiger charge is -2.17. The molecule has 108 valence electrons. The molecule has 3 nitrogen and oxygen atoms in total. The van der Waals surface area contributed by atoms with Crippen LogP contribution >= 0.6 is 35.6 Å². The maximum Gasteiger partial charge on any atom is 0.234 e. The number of benzene rings is 1. The second kappa shape index (κ2) is 7.29. The van der Waals surface area contributed by atoms with Crippen LogP contribution in [0.5, 0.6) is 0 Å². The summed E-state index contributed by atoms with van der Waals surface area (Å²) in [7, 11) is 0. The molecular formula is C14H17ClN2OS2. The predicted molar refractivity (Wildman–Crippen MR) is 90.7 cm³/mol. The van der Waals surface area contributed by atoms with E-state index in [4.69, 9.17) is 23.8 Å². The molecule has 2 rings (SSSR count). The van der Waals surface area contributed by atoms with Gasteiger partial charge in [0.1, 0.15) is 4.32 Å². The molecule has 1 aliphatic heterocycles. The van der Waals surface area contributed by atoms with Crippen molar-refractivity contribution in [2.45, 2.75) is 19.8 Å². The lowest BCUT2D eigenvalue weighted by atomic mass is 10.2. The third-order valence-corrected chi connectivity index (χ3v) is 4.91. The molecule has 20 heavy (non-hydrogen) atoms. The minimum Gasteiger partial charge on any atom is -0.358 e. The second-order valence-electron chi connectivity index (χ2n) is 4.76. The van der Waals surface area contributed by atoms with Gasteiger partial charge in [0.05, 0.1) is 5.75 Å². The lowest BCUT2D eigenvalue weighted by molar-refractivity contribution is -0.113. The Bertz CT molecular complexity index is 516. The molecule has 1 heterocycles. The third kappa shape index (κ3) is 4.36. The van der Waals surface area contributed by atoms with Gasteiger partial charge in [-0.05, 0) is 43.5 Å². The number of carbonyl (C=O) groups excluding carboxylic acids is 1. The van der Waals surface area contributed by atoms with Gasteiger partial charge in [-0.1, -0.05) is 35.6 Å². The number of nitrogens with one attached hydrogen (secondary N) is 1. The van der Waals surface area contributed by atoms with E-state index in [1.807, 2.05) is 19.1 Å². The van der Waals surface area contributed by atoms with Crippen LogP contribution in [0, 0.1) is 6.92 Å². The zero-order valence-electron chi connectivity index (χ0n) is 11.3. The molecule has 0 bridgehead atoms. The fourth-order valence-corrected chi connectivity index (χ4v) is 3.35. The van der Waals surface area contributed by atoms with E-state index in [1.54, 1.807) is 6.07 Å². The number of thiocarbonyl (C=S) groups is 1. The highest BCUT2D eigenvalue weighted by Gasteiger charge is 2.16. The van der Waals surface area contributed by atoms with Gasteiger partial charge in [0.15, 0.2) is 0 Å². The van der Waals surface area contributed by atoms with E-state index in [2.05, 4.69) is 10.2 Å². The molecule has 1 saturated heterocycles. The number of anilines is 1. The molecule has 0 saturated carbocycles. The maximum atomic E-state index is 11.9. The normalized spacial score (nSPS) is 14.4. The van der Waals surface area contributed by atoms with Crippen LogP contribution in [0.2, 0.25) is 5.02 Å².